The quantitative estimate of drug-likeness (QED) is 0.688. The van der Waals surface area contributed by atoms with Crippen molar-refractivity contribution < 1.29 is 14.2 Å². The van der Waals surface area contributed by atoms with Crippen molar-refractivity contribution in [3.05, 3.63) is 65.7 Å². The van der Waals surface area contributed by atoms with Crippen LogP contribution in [0, 0.1) is 6.92 Å². The molecular weight excluding hydrogens is 330 g/mol. The molecule has 6 heteroatoms. The van der Waals surface area contributed by atoms with Gasteiger partial charge in [-0.15, -0.1) is 0 Å². The van der Waals surface area contributed by atoms with Crippen molar-refractivity contribution in [2.24, 2.45) is 0 Å². The smallest absolute Gasteiger partial charge is 0.328 e. The molecule has 0 aliphatic carbocycles. The van der Waals surface area contributed by atoms with Gasteiger partial charge in [0.15, 0.2) is 0 Å². The second-order valence-electron chi connectivity index (χ2n) is 5.61. The summed E-state index contributed by atoms with van der Waals surface area (Å²) in [6.45, 7) is 2.68. The molecule has 0 saturated heterocycles. The first-order chi connectivity index (χ1) is 12.7. The SMILES string of the molecule is COc1cc(OC)nc(Oc2ccccc2CNc2ccccc2C)n1. The molecule has 1 N–H and O–H groups in total. The maximum absolute atomic E-state index is 5.89. The van der Waals surface area contributed by atoms with Crippen LogP contribution in [0.15, 0.2) is 54.6 Å². The van der Waals surface area contributed by atoms with Crippen LogP contribution < -0.4 is 19.5 Å². The molecule has 0 saturated carbocycles. The van der Waals surface area contributed by atoms with Crippen LogP contribution in [-0.4, -0.2) is 24.2 Å². The fourth-order valence-corrected chi connectivity index (χ4v) is 2.45. The minimum absolute atomic E-state index is 0.171. The zero-order chi connectivity index (χ0) is 18.4. The van der Waals surface area contributed by atoms with Gasteiger partial charge >= 0.3 is 6.01 Å². The van der Waals surface area contributed by atoms with Crippen LogP contribution in [0.2, 0.25) is 0 Å². The second kappa shape index (κ2) is 8.20. The number of hydrogen-bond acceptors (Lipinski definition) is 6. The van der Waals surface area contributed by atoms with Crippen molar-refractivity contribution in [1.29, 1.82) is 0 Å². The lowest BCUT2D eigenvalue weighted by atomic mass is 10.1. The van der Waals surface area contributed by atoms with Gasteiger partial charge in [-0.25, -0.2) is 0 Å². The lowest BCUT2D eigenvalue weighted by molar-refractivity contribution is 0.347. The summed E-state index contributed by atoms with van der Waals surface area (Å²) in [4.78, 5) is 8.43. The van der Waals surface area contributed by atoms with E-state index in [4.69, 9.17) is 14.2 Å². The molecule has 0 spiro atoms. The van der Waals surface area contributed by atoms with Crippen molar-refractivity contribution in [3.63, 3.8) is 0 Å². The number of anilines is 1. The Bertz CT molecular complexity index is 861. The first kappa shape index (κ1) is 17.5. The Kier molecular flexibility index (Phi) is 5.53. The molecule has 0 unspecified atom stereocenters. The van der Waals surface area contributed by atoms with E-state index >= 15 is 0 Å². The summed E-state index contributed by atoms with van der Waals surface area (Å²) in [5.74, 6) is 1.42. The minimum atomic E-state index is 0.171. The molecule has 134 valence electrons. The molecule has 3 aromatic rings. The van der Waals surface area contributed by atoms with Gasteiger partial charge in [-0.3, -0.25) is 0 Å². The topological polar surface area (TPSA) is 65.5 Å². The molecule has 1 aromatic heterocycles. The number of benzene rings is 2. The number of para-hydroxylation sites is 2. The number of methoxy groups -OCH3 is 2. The van der Waals surface area contributed by atoms with Gasteiger partial charge in [0.1, 0.15) is 5.75 Å². The van der Waals surface area contributed by atoms with Gasteiger partial charge in [-0.05, 0) is 24.6 Å². The van der Waals surface area contributed by atoms with Crippen LogP contribution in [0.5, 0.6) is 23.5 Å². The summed E-state index contributed by atoms with van der Waals surface area (Å²) >= 11 is 0. The molecule has 2 aromatic carbocycles. The van der Waals surface area contributed by atoms with Crippen molar-refractivity contribution in [2.75, 3.05) is 19.5 Å². The van der Waals surface area contributed by atoms with E-state index in [0.29, 0.717) is 24.1 Å². The van der Waals surface area contributed by atoms with Gasteiger partial charge < -0.3 is 19.5 Å². The standard InChI is InChI=1S/C20H21N3O3/c1-14-8-4-6-10-16(14)21-13-15-9-5-7-11-17(15)26-20-22-18(24-2)12-19(23-20)25-3/h4-12,21H,13H2,1-3H3. The van der Waals surface area contributed by atoms with Gasteiger partial charge in [0.2, 0.25) is 11.8 Å². The zero-order valence-corrected chi connectivity index (χ0v) is 15.0. The molecule has 3 rings (SSSR count). The predicted octanol–water partition coefficient (Wildman–Crippen LogP) is 4.21. The van der Waals surface area contributed by atoms with Crippen LogP contribution in [-0.2, 0) is 6.54 Å². The number of ether oxygens (including phenoxy) is 3. The molecule has 0 atom stereocenters. The average molecular weight is 351 g/mol. The number of hydrogen-bond donors (Lipinski definition) is 1. The summed E-state index contributed by atoms with van der Waals surface area (Å²) in [5, 5.41) is 3.43. The third-order valence-corrected chi connectivity index (χ3v) is 3.87. The number of rotatable bonds is 7. The first-order valence-electron chi connectivity index (χ1n) is 8.22. The molecule has 0 aliphatic heterocycles. The summed E-state index contributed by atoms with van der Waals surface area (Å²) < 4.78 is 16.2. The van der Waals surface area contributed by atoms with E-state index in [1.807, 2.05) is 36.4 Å². The van der Waals surface area contributed by atoms with E-state index in [1.165, 1.54) is 19.8 Å². The fraction of sp³-hybridized carbons (Fsp3) is 0.200. The van der Waals surface area contributed by atoms with Crippen molar-refractivity contribution in [3.8, 4) is 23.5 Å². The van der Waals surface area contributed by atoms with Crippen LogP contribution in [0.25, 0.3) is 0 Å². The second-order valence-corrected chi connectivity index (χ2v) is 5.61. The highest BCUT2D eigenvalue weighted by molar-refractivity contribution is 5.51. The van der Waals surface area contributed by atoms with E-state index in [-0.39, 0.29) is 6.01 Å². The number of nitrogens with one attached hydrogen (secondary N) is 1. The lowest BCUT2D eigenvalue weighted by Gasteiger charge is -2.13. The molecular formula is C20H21N3O3. The van der Waals surface area contributed by atoms with E-state index in [2.05, 4.69) is 34.3 Å². The number of aromatic nitrogens is 2. The molecule has 0 bridgehead atoms. The third kappa shape index (κ3) is 4.22. The van der Waals surface area contributed by atoms with Crippen molar-refractivity contribution in [1.82, 2.24) is 9.97 Å². The Morgan fingerprint density at radius 2 is 1.54 bits per heavy atom. The van der Waals surface area contributed by atoms with Crippen molar-refractivity contribution >= 4 is 5.69 Å². The molecule has 0 radical (unpaired) electrons. The van der Waals surface area contributed by atoms with Gasteiger partial charge in [-0.1, -0.05) is 36.4 Å². The highest BCUT2D eigenvalue weighted by Crippen LogP contribution is 2.27. The van der Waals surface area contributed by atoms with Crippen LogP contribution in [0.3, 0.4) is 0 Å². The average Bonchev–Trinajstić information content (AvgIpc) is 2.68. The van der Waals surface area contributed by atoms with Crippen LogP contribution in [0.4, 0.5) is 5.69 Å². The molecule has 26 heavy (non-hydrogen) atoms. The van der Waals surface area contributed by atoms with E-state index in [1.54, 1.807) is 6.07 Å². The predicted molar refractivity (Wildman–Crippen MR) is 100 cm³/mol. The monoisotopic (exact) mass is 351 g/mol. The van der Waals surface area contributed by atoms with E-state index < -0.39 is 0 Å². The summed E-state index contributed by atoms with van der Waals surface area (Å²) in [6, 6.07) is 17.7. The Labute approximate surface area is 152 Å². The maximum atomic E-state index is 5.89. The van der Waals surface area contributed by atoms with Crippen LogP contribution >= 0.6 is 0 Å². The van der Waals surface area contributed by atoms with E-state index in [0.717, 1.165) is 11.3 Å². The largest absolute Gasteiger partial charge is 0.481 e. The summed E-state index contributed by atoms with van der Waals surface area (Å²) in [7, 11) is 3.07. The molecule has 0 aliphatic rings. The highest BCUT2D eigenvalue weighted by Gasteiger charge is 2.10. The zero-order valence-electron chi connectivity index (χ0n) is 15.0. The number of aryl methyl sites for hydroxylation is 1. The van der Waals surface area contributed by atoms with Crippen molar-refractivity contribution in [2.45, 2.75) is 13.5 Å². The first-order valence-corrected chi connectivity index (χ1v) is 8.22. The van der Waals surface area contributed by atoms with Gasteiger partial charge in [0.25, 0.3) is 0 Å². The molecule has 1 heterocycles. The molecule has 0 fully saturated rings. The minimum Gasteiger partial charge on any atom is -0.481 e. The molecule has 6 nitrogen and oxygen atoms in total. The van der Waals surface area contributed by atoms with Gasteiger partial charge in [0, 0.05) is 17.8 Å². The summed E-state index contributed by atoms with van der Waals surface area (Å²) in [5.41, 5.74) is 3.26. The molecule has 0 amide bonds. The Balaban J connectivity index is 1.80. The van der Waals surface area contributed by atoms with Crippen LogP contribution in [0.1, 0.15) is 11.1 Å². The Morgan fingerprint density at radius 1 is 0.885 bits per heavy atom. The van der Waals surface area contributed by atoms with E-state index in [9.17, 15) is 0 Å². The Morgan fingerprint density at radius 3 is 2.23 bits per heavy atom. The Hall–Kier alpha value is -3.28. The highest BCUT2D eigenvalue weighted by atomic mass is 16.5. The van der Waals surface area contributed by atoms with Gasteiger partial charge in [0.05, 0.1) is 20.3 Å². The fourth-order valence-electron chi connectivity index (χ4n) is 2.45. The number of nitrogens with zero attached hydrogens (tertiary/aromatic N) is 2. The normalized spacial score (nSPS) is 10.3. The lowest BCUT2D eigenvalue weighted by Crippen LogP contribution is -2.04. The van der Waals surface area contributed by atoms with Gasteiger partial charge in [-0.2, -0.15) is 9.97 Å². The third-order valence-electron chi connectivity index (χ3n) is 3.87. The summed E-state index contributed by atoms with van der Waals surface area (Å²) in [6.07, 6.45) is 0. The maximum Gasteiger partial charge on any atom is 0.328 e.